The van der Waals surface area contributed by atoms with Gasteiger partial charge in [-0.05, 0) is 41.1 Å². The molecule has 0 saturated heterocycles. The van der Waals surface area contributed by atoms with Crippen LogP contribution in [0, 0.1) is 0 Å². The number of aliphatic hydroxyl groups excluding tert-OH is 1. The van der Waals surface area contributed by atoms with Crippen LogP contribution in [0.1, 0.15) is 33.8 Å². The summed E-state index contributed by atoms with van der Waals surface area (Å²) in [7, 11) is 0. The number of ether oxygens (including phenoxy) is 1. The molecule has 1 aromatic heterocycles. The zero-order valence-electron chi connectivity index (χ0n) is 12.5. The van der Waals surface area contributed by atoms with Gasteiger partial charge in [-0.15, -0.1) is 11.3 Å². The molecule has 0 bridgehead atoms. The molecular weight excluding hydrogens is 324 g/mol. The molecule has 0 fully saturated rings. The van der Waals surface area contributed by atoms with Crippen molar-refractivity contribution in [3.05, 3.63) is 51.7 Å². The first-order chi connectivity index (χ1) is 11.0. The Bertz CT molecular complexity index is 643. The van der Waals surface area contributed by atoms with Crippen molar-refractivity contribution in [3.63, 3.8) is 0 Å². The Morgan fingerprint density at radius 1 is 1.30 bits per heavy atom. The maximum Gasteiger partial charge on any atom is 0.387 e. The van der Waals surface area contributed by atoms with Crippen LogP contribution in [0.25, 0.3) is 0 Å². The van der Waals surface area contributed by atoms with Gasteiger partial charge in [-0.25, -0.2) is 0 Å². The van der Waals surface area contributed by atoms with Crippen LogP contribution in [0.3, 0.4) is 0 Å². The summed E-state index contributed by atoms with van der Waals surface area (Å²) in [5.74, 6) is -0.209. The topological polar surface area (TPSA) is 58.6 Å². The van der Waals surface area contributed by atoms with Gasteiger partial charge in [0.25, 0.3) is 5.91 Å². The van der Waals surface area contributed by atoms with Gasteiger partial charge in [0.15, 0.2) is 0 Å². The zero-order valence-corrected chi connectivity index (χ0v) is 13.3. The van der Waals surface area contributed by atoms with E-state index in [9.17, 15) is 18.7 Å². The van der Waals surface area contributed by atoms with Gasteiger partial charge in [-0.2, -0.15) is 8.78 Å². The van der Waals surface area contributed by atoms with Crippen LogP contribution in [-0.2, 0) is 6.42 Å². The number of halogens is 2. The zero-order chi connectivity index (χ0) is 16.8. The predicted octanol–water partition coefficient (Wildman–Crippen LogP) is 3.38. The van der Waals surface area contributed by atoms with Crippen LogP contribution in [0.5, 0.6) is 5.75 Å². The van der Waals surface area contributed by atoms with Crippen molar-refractivity contribution in [2.75, 3.05) is 6.54 Å². The third-order valence-corrected chi connectivity index (χ3v) is 4.24. The van der Waals surface area contributed by atoms with Gasteiger partial charge in [0.05, 0.1) is 11.0 Å². The summed E-state index contributed by atoms with van der Waals surface area (Å²) in [5.41, 5.74) is 1.48. The van der Waals surface area contributed by atoms with Crippen LogP contribution >= 0.6 is 11.3 Å². The summed E-state index contributed by atoms with van der Waals surface area (Å²) in [5, 5.41) is 14.6. The number of carbonyl (C=O) groups is 1. The van der Waals surface area contributed by atoms with Crippen molar-refractivity contribution in [1.82, 2.24) is 5.32 Å². The molecule has 1 atom stereocenters. The van der Waals surface area contributed by atoms with Gasteiger partial charge in [-0.3, -0.25) is 4.79 Å². The molecule has 2 rings (SSSR count). The molecule has 0 radical (unpaired) electrons. The van der Waals surface area contributed by atoms with E-state index in [4.69, 9.17) is 0 Å². The highest BCUT2D eigenvalue weighted by Gasteiger charge is 2.14. The average Bonchev–Trinajstić information content (AvgIpc) is 3.01. The van der Waals surface area contributed by atoms with Gasteiger partial charge in [-0.1, -0.05) is 19.1 Å². The summed E-state index contributed by atoms with van der Waals surface area (Å²) in [4.78, 5) is 12.7. The Morgan fingerprint density at radius 2 is 2.00 bits per heavy atom. The lowest BCUT2D eigenvalue weighted by molar-refractivity contribution is -0.0498. The minimum atomic E-state index is -2.89. The lowest BCUT2D eigenvalue weighted by Gasteiger charge is -2.13. The average molecular weight is 341 g/mol. The van der Waals surface area contributed by atoms with Crippen molar-refractivity contribution in [1.29, 1.82) is 0 Å². The van der Waals surface area contributed by atoms with E-state index in [-0.39, 0.29) is 18.2 Å². The second kappa shape index (κ2) is 8.03. The van der Waals surface area contributed by atoms with Crippen LogP contribution in [0.2, 0.25) is 0 Å². The monoisotopic (exact) mass is 341 g/mol. The molecule has 23 heavy (non-hydrogen) atoms. The Morgan fingerprint density at radius 3 is 2.61 bits per heavy atom. The van der Waals surface area contributed by atoms with Crippen molar-refractivity contribution >= 4 is 17.2 Å². The number of carbonyl (C=O) groups excluding carboxylic acids is 1. The van der Waals surface area contributed by atoms with Crippen molar-refractivity contribution in [2.45, 2.75) is 26.1 Å². The van der Waals surface area contributed by atoms with Crippen molar-refractivity contribution in [2.24, 2.45) is 0 Å². The van der Waals surface area contributed by atoms with Gasteiger partial charge in [0.1, 0.15) is 5.75 Å². The Kier molecular flexibility index (Phi) is 6.06. The summed E-state index contributed by atoms with van der Waals surface area (Å²) in [6, 6.07) is 7.56. The number of aryl methyl sites for hydroxylation is 1. The van der Waals surface area contributed by atoms with Crippen LogP contribution in [-0.4, -0.2) is 24.2 Å². The fourth-order valence-corrected chi connectivity index (χ4v) is 2.98. The van der Waals surface area contributed by atoms with E-state index in [0.29, 0.717) is 10.4 Å². The molecule has 7 heteroatoms. The number of thiophene rings is 1. The first-order valence-electron chi connectivity index (χ1n) is 7.08. The number of hydrogen-bond acceptors (Lipinski definition) is 4. The van der Waals surface area contributed by atoms with Gasteiger partial charge in [0.2, 0.25) is 0 Å². The Hall–Kier alpha value is -1.99. The summed E-state index contributed by atoms with van der Waals surface area (Å²) >= 11 is 1.36. The lowest BCUT2D eigenvalue weighted by Crippen LogP contribution is -2.28. The number of aliphatic hydroxyl groups is 1. The molecule has 1 unspecified atom stereocenters. The molecule has 0 saturated carbocycles. The van der Waals surface area contributed by atoms with Gasteiger partial charge in [0, 0.05) is 6.54 Å². The summed E-state index contributed by atoms with van der Waals surface area (Å²) in [6.07, 6.45) is -0.162. The SMILES string of the molecule is CCc1ccsc1C(=O)NCC(O)c1ccc(OC(F)F)cc1. The maximum atomic E-state index is 12.1. The lowest BCUT2D eigenvalue weighted by atomic mass is 10.1. The second-order valence-electron chi connectivity index (χ2n) is 4.80. The number of amides is 1. The predicted molar refractivity (Wildman–Crippen MR) is 84.1 cm³/mol. The van der Waals surface area contributed by atoms with Gasteiger partial charge >= 0.3 is 6.61 Å². The first-order valence-corrected chi connectivity index (χ1v) is 7.96. The highest BCUT2D eigenvalue weighted by Crippen LogP contribution is 2.20. The van der Waals surface area contributed by atoms with Crippen LogP contribution in [0.4, 0.5) is 8.78 Å². The van der Waals surface area contributed by atoms with E-state index in [1.165, 1.54) is 35.6 Å². The molecular formula is C16H17F2NO3S. The first kappa shape index (κ1) is 17.4. The molecule has 1 amide bonds. The second-order valence-corrected chi connectivity index (χ2v) is 5.72. The van der Waals surface area contributed by atoms with E-state index in [2.05, 4.69) is 10.1 Å². The standard InChI is InChI=1S/C16H17F2NO3S/c1-2-10-7-8-23-14(10)15(21)19-9-13(20)11-3-5-12(6-4-11)22-16(17)18/h3-8,13,16,20H,2,9H2,1H3,(H,19,21). The van der Waals surface area contributed by atoms with E-state index in [1.807, 2.05) is 18.4 Å². The van der Waals surface area contributed by atoms with E-state index in [0.717, 1.165) is 12.0 Å². The normalized spacial score (nSPS) is 12.2. The largest absolute Gasteiger partial charge is 0.435 e. The van der Waals surface area contributed by atoms with Gasteiger partial charge < -0.3 is 15.2 Å². The molecule has 0 aliphatic heterocycles. The fraction of sp³-hybridized carbons (Fsp3) is 0.312. The fourth-order valence-electron chi connectivity index (χ4n) is 2.07. The smallest absolute Gasteiger partial charge is 0.387 e. The molecule has 4 nitrogen and oxygen atoms in total. The highest BCUT2D eigenvalue weighted by molar-refractivity contribution is 7.12. The number of benzene rings is 1. The number of rotatable bonds is 7. The van der Waals surface area contributed by atoms with Crippen LogP contribution in [0.15, 0.2) is 35.7 Å². The molecule has 1 aromatic carbocycles. The van der Waals surface area contributed by atoms with Crippen molar-refractivity contribution in [3.8, 4) is 5.75 Å². The maximum absolute atomic E-state index is 12.1. The minimum absolute atomic E-state index is 0.0196. The molecule has 124 valence electrons. The third kappa shape index (κ3) is 4.74. The molecule has 0 aliphatic carbocycles. The summed E-state index contributed by atoms with van der Waals surface area (Å²) < 4.78 is 28.4. The molecule has 2 N–H and O–H groups in total. The quantitative estimate of drug-likeness (QED) is 0.812. The number of hydrogen-bond donors (Lipinski definition) is 2. The van der Waals surface area contributed by atoms with E-state index in [1.54, 1.807) is 0 Å². The molecule has 2 aromatic rings. The van der Waals surface area contributed by atoms with E-state index >= 15 is 0 Å². The molecule has 0 aliphatic rings. The summed E-state index contributed by atoms with van der Waals surface area (Å²) in [6.45, 7) is -0.880. The number of alkyl halides is 2. The minimum Gasteiger partial charge on any atom is -0.435 e. The number of nitrogens with one attached hydrogen (secondary N) is 1. The molecule has 0 spiro atoms. The molecule has 1 heterocycles. The third-order valence-electron chi connectivity index (χ3n) is 3.28. The van der Waals surface area contributed by atoms with E-state index < -0.39 is 12.7 Å². The Labute approximate surface area is 136 Å². The highest BCUT2D eigenvalue weighted by atomic mass is 32.1. The van der Waals surface area contributed by atoms with Crippen molar-refractivity contribution < 1.29 is 23.4 Å². The Balaban J connectivity index is 1.91. The van der Waals surface area contributed by atoms with Crippen LogP contribution < -0.4 is 10.1 Å².